The molecule has 0 aliphatic carbocycles. The highest BCUT2D eigenvalue weighted by atomic mass is 32.2. The van der Waals surface area contributed by atoms with E-state index in [4.69, 9.17) is 9.66 Å². The molecule has 1 aliphatic heterocycles. The number of carboxylic acids is 1. The van der Waals surface area contributed by atoms with Crippen LogP contribution in [-0.4, -0.2) is 42.3 Å². The fraction of sp³-hybridized carbons (Fsp3) is 0.100. The Morgan fingerprint density at radius 1 is 1.26 bits per heavy atom. The van der Waals surface area contributed by atoms with Crippen LogP contribution in [0.4, 0.5) is 5.69 Å². The van der Waals surface area contributed by atoms with E-state index in [0.29, 0.717) is 0 Å². The predicted molar refractivity (Wildman–Crippen MR) is 60.6 cm³/mol. The van der Waals surface area contributed by atoms with Crippen molar-refractivity contribution >= 4 is 33.5 Å². The molecule has 0 saturated carbocycles. The lowest BCUT2D eigenvalue weighted by molar-refractivity contribution is -0.136. The molecule has 2 rings (SSSR count). The molecule has 0 aromatic heterocycles. The summed E-state index contributed by atoms with van der Waals surface area (Å²) in [6, 6.07) is 2.92. The second-order valence-corrected chi connectivity index (χ2v) is 5.19. The number of Topliss-reactive ketones (excluding diaryl/α,β-unsaturated/α-hetero) is 1. The monoisotopic (exact) mass is 285 g/mol. The van der Waals surface area contributed by atoms with E-state index in [2.05, 4.69) is 0 Å². The summed E-state index contributed by atoms with van der Waals surface area (Å²) in [6.07, 6.45) is 0. The van der Waals surface area contributed by atoms with Crippen LogP contribution in [-0.2, 0) is 19.7 Å². The maximum Gasteiger partial charge on any atom is 0.323 e. The molecule has 1 aromatic rings. The van der Waals surface area contributed by atoms with Crippen molar-refractivity contribution in [3.8, 4) is 0 Å². The lowest BCUT2D eigenvalue weighted by Gasteiger charge is -2.13. The van der Waals surface area contributed by atoms with Gasteiger partial charge in [0.05, 0.1) is 16.1 Å². The number of hydrogen-bond acceptors (Lipinski definition) is 5. The second kappa shape index (κ2) is 4.14. The maximum atomic E-state index is 11.6. The molecule has 0 atom stereocenters. The molecule has 1 aromatic carbocycles. The van der Waals surface area contributed by atoms with Gasteiger partial charge in [-0.3, -0.25) is 23.8 Å². The quantitative estimate of drug-likeness (QED) is 0.568. The molecule has 1 aliphatic rings. The van der Waals surface area contributed by atoms with E-state index >= 15 is 0 Å². The maximum absolute atomic E-state index is 11.6. The largest absolute Gasteiger partial charge is 0.480 e. The average molecular weight is 285 g/mol. The van der Waals surface area contributed by atoms with Gasteiger partial charge in [-0.25, -0.2) is 0 Å². The molecule has 8 nitrogen and oxygen atoms in total. The number of anilines is 1. The Morgan fingerprint density at radius 3 is 2.42 bits per heavy atom. The Hall–Kier alpha value is -2.26. The first kappa shape index (κ1) is 13.2. The number of fused-ring (bicyclic) bond motifs is 1. The fourth-order valence-corrected chi connectivity index (χ4v) is 2.24. The van der Waals surface area contributed by atoms with Crippen molar-refractivity contribution in [2.24, 2.45) is 0 Å². The van der Waals surface area contributed by atoms with Crippen LogP contribution in [0.3, 0.4) is 0 Å². The van der Waals surface area contributed by atoms with Crippen molar-refractivity contribution in [1.29, 1.82) is 0 Å². The summed E-state index contributed by atoms with van der Waals surface area (Å²) in [6.45, 7) is -0.706. The van der Waals surface area contributed by atoms with Crippen molar-refractivity contribution in [3.05, 3.63) is 23.8 Å². The SMILES string of the molecule is O=C(O)CN1C(=O)C(=O)c2cc(S(=O)(=O)O)ccc21. The summed E-state index contributed by atoms with van der Waals surface area (Å²) in [5.74, 6) is -3.38. The van der Waals surface area contributed by atoms with Gasteiger partial charge in [0.1, 0.15) is 6.54 Å². The van der Waals surface area contributed by atoms with Crippen LogP contribution >= 0.6 is 0 Å². The molecule has 0 unspecified atom stereocenters. The Morgan fingerprint density at radius 2 is 1.89 bits per heavy atom. The molecule has 100 valence electrons. The van der Waals surface area contributed by atoms with Crippen LogP contribution in [0.1, 0.15) is 10.4 Å². The number of ketones is 1. The van der Waals surface area contributed by atoms with Crippen LogP contribution in [0.15, 0.2) is 23.1 Å². The van der Waals surface area contributed by atoms with Crippen LogP contribution in [0.25, 0.3) is 0 Å². The van der Waals surface area contributed by atoms with Gasteiger partial charge in [-0.05, 0) is 18.2 Å². The van der Waals surface area contributed by atoms with Crippen LogP contribution in [0, 0.1) is 0 Å². The van der Waals surface area contributed by atoms with Gasteiger partial charge in [0.15, 0.2) is 0 Å². The molecule has 19 heavy (non-hydrogen) atoms. The third kappa shape index (κ3) is 2.20. The molecular weight excluding hydrogens is 278 g/mol. The van der Waals surface area contributed by atoms with Crippen LogP contribution in [0.5, 0.6) is 0 Å². The van der Waals surface area contributed by atoms with E-state index < -0.39 is 39.2 Å². The van der Waals surface area contributed by atoms with E-state index in [-0.39, 0.29) is 11.3 Å². The smallest absolute Gasteiger partial charge is 0.323 e. The number of carboxylic acid groups (broad SMARTS) is 1. The molecule has 9 heteroatoms. The van der Waals surface area contributed by atoms with E-state index in [9.17, 15) is 22.8 Å². The molecule has 0 radical (unpaired) electrons. The summed E-state index contributed by atoms with van der Waals surface area (Å²) in [5, 5.41) is 8.65. The van der Waals surface area contributed by atoms with E-state index in [1.165, 1.54) is 0 Å². The number of nitrogens with zero attached hydrogens (tertiary/aromatic N) is 1. The van der Waals surface area contributed by atoms with Gasteiger partial charge in [0.25, 0.3) is 21.8 Å². The number of aliphatic carboxylic acids is 1. The first-order valence-electron chi connectivity index (χ1n) is 4.91. The predicted octanol–water partition coefficient (Wildman–Crippen LogP) is -0.453. The Kier molecular flexibility index (Phi) is 2.87. The normalized spacial score (nSPS) is 14.7. The van der Waals surface area contributed by atoms with Crippen molar-refractivity contribution in [2.45, 2.75) is 4.90 Å². The topological polar surface area (TPSA) is 129 Å². The van der Waals surface area contributed by atoms with E-state index in [1.807, 2.05) is 0 Å². The summed E-state index contributed by atoms with van der Waals surface area (Å²) < 4.78 is 30.7. The van der Waals surface area contributed by atoms with Crippen molar-refractivity contribution in [1.82, 2.24) is 0 Å². The Bertz CT molecular complexity index is 707. The summed E-state index contributed by atoms with van der Waals surface area (Å²) >= 11 is 0. The van der Waals surface area contributed by atoms with Gasteiger partial charge in [0, 0.05) is 0 Å². The van der Waals surface area contributed by atoms with Crippen molar-refractivity contribution in [2.75, 3.05) is 11.4 Å². The summed E-state index contributed by atoms with van der Waals surface area (Å²) in [4.78, 5) is 34.0. The molecule has 0 bridgehead atoms. The zero-order valence-electron chi connectivity index (χ0n) is 9.23. The number of hydrogen-bond donors (Lipinski definition) is 2. The van der Waals surface area contributed by atoms with Crippen molar-refractivity contribution < 1.29 is 32.5 Å². The van der Waals surface area contributed by atoms with Crippen LogP contribution < -0.4 is 4.90 Å². The first-order valence-corrected chi connectivity index (χ1v) is 6.35. The summed E-state index contributed by atoms with van der Waals surface area (Å²) in [7, 11) is -4.50. The van der Waals surface area contributed by atoms with Crippen LogP contribution in [0.2, 0.25) is 0 Å². The highest BCUT2D eigenvalue weighted by molar-refractivity contribution is 7.85. The highest BCUT2D eigenvalue weighted by Gasteiger charge is 2.37. The minimum absolute atomic E-state index is 0.00444. The molecule has 2 N–H and O–H groups in total. The number of amides is 1. The number of rotatable bonds is 3. The molecule has 0 saturated heterocycles. The summed E-state index contributed by atoms with van der Waals surface area (Å²) in [5.41, 5.74) is -0.244. The lowest BCUT2D eigenvalue weighted by Crippen LogP contribution is -2.34. The highest BCUT2D eigenvalue weighted by Crippen LogP contribution is 2.30. The van der Waals surface area contributed by atoms with Crippen molar-refractivity contribution in [3.63, 3.8) is 0 Å². The zero-order valence-corrected chi connectivity index (χ0v) is 10.0. The number of benzene rings is 1. The minimum Gasteiger partial charge on any atom is -0.480 e. The fourth-order valence-electron chi connectivity index (χ4n) is 1.73. The third-order valence-corrected chi connectivity index (χ3v) is 3.38. The van der Waals surface area contributed by atoms with Gasteiger partial charge in [-0.1, -0.05) is 0 Å². The Balaban J connectivity index is 2.56. The van der Waals surface area contributed by atoms with Gasteiger partial charge in [-0.15, -0.1) is 0 Å². The average Bonchev–Trinajstić information content (AvgIpc) is 2.53. The molecule has 1 heterocycles. The van der Waals surface area contributed by atoms with Gasteiger partial charge in [0.2, 0.25) is 0 Å². The molecule has 1 amide bonds. The first-order chi connectivity index (χ1) is 8.71. The van der Waals surface area contributed by atoms with Gasteiger partial charge < -0.3 is 5.11 Å². The van der Waals surface area contributed by atoms with Gasteiger partial charge in [-0.2, -0.15) is 8.42 Å². The number of carbonyl (C=O) groups is 3. The molecule has 0 fully saturated rings. The second-order valence-electron chi connectivity index (χ2n) is 3.77. The van der Waals surface area contributed by atoms with Gasteiger partial charge >= 0.3 is 5.97 Å². The minimum atomic E-state index is -4.50. The molecular formula is C10H7NO7S. The lowest BCUT2D eigenvalue weighted by atomic mass is 10.1. The standard InChI is InChI=1S/C10H7NO7S/c12-8(13)4-11-7-2-1-5(19(16,17)18)3-6(7)9(14)10(11)15/h1-3H,4H2,(H,12,13)(H,16,17,18). The Labute approximate surface area is 107 Å². The number of carbonyl (C=O) groups excluding carboxylic acids is 2. The van der Waals surface area contributed by atoms with E-state index in [1.54, 1.807) is 0 Å². The zero-order chi connectivity index (χ0) is 14.4. The molecule has 0 spiro atoms. The van der Waals surface area contributed by atoms with E-state index in [0.717, 1.165) is 23.1 Å². The third-order valence-electron chi connectivity index (χ3n) is 2.53.